The molecule has 0 aromatic heterocycles. The highest BCUT2D eigenvalue weighted by atomic mass is 79.9. The van der Waals surface area contributed by atoms with Gasteiger partial charge >= 0.3 is 0 Å². The monoisotopic (exact) mass is 346 g/mol. The molecule has 0 radical (unpaired) electrons. The number of hydrogen-bond donors (Lipinski definition) is 0. The first-order valence-corrected chi connectivity index (χ1v) is 7.33. The van der Waals surface area contributed by atoms with Crippen LogP contribution >= 0.6 is 31.9 Å². The van der Waals surface area contributed by atoms with Crippen LogP contribution in [0.15, 0.2) is 16.6 Å². The summed E-state index contributed by atoms with van der Waals surface area (Å²) in [6.07, 6.45) is 3.54. The van der Waals surface area contributed by atoms with E-state index >= 15 is 0 Å². The third-order valence-corrected chi connectivity index (χ3v) is 4.81. The first-order valence-electron chi connectivity index (χ1n) is 5.62. The molecule has 0 fully saturated rings. The highest BCUT2D eigenvalue weighted by molar-refractivity contribution is 9.11. The third kappa shape index (κ3) is 2.30. The number of methoxy groups -OCH3 is 1. The fourth-order valence-electron chi connectivity index (χ4n) is 2.38. The van der Waals surface area contributed by atoms with E-state index in [9.17, 15) is 0 Å². The Hall–Kier alpha value is -0.0200. The van der Waals surface area contributed by atoms with Crippen LogP contribution in [0.25, 0.3) is 0 Å². The summed E-state index contributed by atoms with van der Waals surface area (Å²) in [5, 5.41) is 0. The lowest BCUT2D eigenvalue weighted by Crippen LogP contribution is -1.99. The molecule has 1 aromatic carbocycles. The SMILES string of the molecule is COc1ccc(Br)c2c1CCC(C)CC2Br. The Morgan fingerprint density at radius 2 is 2.12 bits per heavy atom. The summed E-state index contributed by atoms with van der Waals surface area (Å²) in [5.74, 6) is 1.78. The predicted octanol–water partition coefficient (Wildman–Crippen LogP) is 4.87. The Bertz CT molecular complexity index is 390. The van der Waals surface area contributed by atoms with Crippen LogP contribution in [-0.4, -0.2) is 7.11 Å². The minimum Gasteiger partial charge on any atom is -0.496 e. The number of halogens is 2. The molecule has 1 nitrogen and oxygen atoms in total. The Morgan fingerprint density at radius 3 is 2.81 bits per heavy atom. The van der Waals surface area contributed by atoms with E-state index in [0.717, 1.165) is 18.1 Å². The van der Waals surface area contributed by atoms with Crippen molar-refractivity contribution in [2.75, 3.05) is 7.11 Å². The maximum atomic E-state index is 5.47. The molecule has 0 heterocycles. The van der Waals surface area contributed by atoms with Crippen molar-refractivity contribution in [3.63, 3.8) is 0 Å². The molecule has 88 valence electrons. The van der Waals surface area contributed by atoms with Crippen molar-refractivity contribution in [2.24, 2.45) is 5.92 Å². The minimum absolute atomic E-state index is 0.435. The van der Waals surface area contributed by atoms with Gasteiger partial charge in [-0.15, -0.1) is 0 Å². The summed E-state index contributed by atoms with van der Waals surface area (Å²) < 4.78 is 6.66. The smallest absolute Gasteiger partial charge is 0.122 e. The van der Waals surface area contributed by atoms with Crippen molar-refractivity contribution < 1.29 is 4.74 Å². The normalized spacial score (nSPS) is 24.8. The molecule has 0 saturated carbocycles. The second-order valence-electron chi connectivity index (χ2n) is 4.49. The van der Waals surface area contributed by atoms with Gasteiger partial charge in [0.2, 0.25) is 0 Å². The van der Waals surface area contributed by atoms with E-state index in [1.807, 2.05) is 0 Å². The molecule has 1 aliphatic carbocycles. The van der Waals surface area contributed by atoms with Gasteiger partial charge in [0.15, 0.2) is 0 Å². The second-order valence-corrected chi connectivity index (χ2v) is 6.45. The lowest BCUT2D eigenvalue weighted by molar-refractivity contribution is 0.407. The van der Waals surface area contributed by atoms with E-state index in [4.69, 9.17) is 4.74 Å². The van der Waals surface area contributed by atoms with Crippen LogP contribution in [0, 0.1) is 5.92 Å². The van der Waals surface area contributed by atoms with E-state index in [1.165, 1.54) is 28.4 Å². The van der Waals surface area contributed by atoms with Gasteiger partial charge in [0.25, 0.3) is 0 Å². The zero-order valence-corrected chi connectivity index (χ0v) is 12.8. The molecule has 0 N–H and O–H groups in total. The molecule has 2 rings (SSSR count). The molecular formula is C13H16Br2O. The highest BCUT2D eigenvalue weighted by Crippen LogP contribution is 2.44. The van der Waals surface area contributed by atoms with Crippen molar-refractivity contribution in [1.82, 2.24) is 0 Å². The van der Waals surface area contributed by atoms with E-state index in [1.54, 1.807) is 7.11 Å². The average molecular weight is 348 g/mol. The Morgan fingerprint density at radius 1 is 1.38 bits per heavy atom. The maximum absolute atomic E-state index is 5.47. The van der Waals surface area contributed by atoms with E-state index in [-0.39, 0.29) is 0 Å². The fourth-order valence-corrected chi connectivity index (χ4v) is 4.50. The molecule has 0 bridgehead atoms. The number of hydrogen-bond acceptors (Lipinski definition) is 1. The Labute approximate surface area is 114 Å². The molecule has 16 heavy (non-hydrogen) atoms. The van der Waals surface area contributed by atoms with Crippen molar-refractivity contribution in [3.8, 4) is 5.75 Å². The van der Waals surface area contributed by atoms with Crippen LogP contribution in [0.4, 0.5) is 0 Å². The number of benzene rings is 1. The Balaban J connectivity index is 2.52. The van der Waals surface area contributed by atoms with Crippen LogP contribution in [0.1, 0.15) is 35.7 Å². The van der Waals surface area contributed by atoms with Crippen LogP contribution < -0.4 is 4.74 Å². The molecular weight excluding hydrogens is 332 g/mol. The van der Waals surface area contributed by atoms with Crippen LogP contribution in [0.3, 0.4) is 0 Å². The zero-order chi connectivity index (χ0) is 11.7. The van der Waals surface area contributed by atoms with Gasteiger partial charge in [0.05, 0.1) is 7.11 Å². The van der Waals surface area contributed by atoms with E-state index in [2.05, 4.69) is 50.9 Å². The highest BCUT2D eigenvalue weighted by Gasteiger charge is 2.24. The van der Waals surface area contributed by atoms with E-state index in [0.29, 0.717) is 4.83 Å². The lowest BCUT2D eigenvalue weighted by Gasteiger charge is -2.16. The molecule has 0 amide bonds. The second kappa shape index (κ2) is 5.09. The molecule has 1 aliphatic rings. The van der Waals surface area contributed by atoms with Crippen LogP contribution in [0.5, 0.6) is 5.75 Å². The number of alkyl halides is 1. The molecule has 0 aliphatic heterocycles. The molecule has 3 heteroatoms. The summed E-state index contributed by atoms with van der Waals surface area (Å²) in [7, 11) is 1.75. The van der Waals surface area contributed by atoms with Gasteiger partial charge in [-0.1, -0.05) is 38.8 Å². The third-order valence-electron chi connectivity index (χ3n) is 3.29. The van der Waals surface area contributed by atoms with Gasteiger partial charge in [-0.05, 0) is 48.4 Å². The van der Waals surface area contributed by atoms with Crippen LogP contribution in [-0.2, 0) is 6.42 Å². The van der Waals surface area contributed by atoms with Crippen molar-refractivity contribution in [2.45, 2.75) is 31.0 Å². The fraction of sp³-hybridized carbons (Fsp3) is 0.538. The largest absolute Gasteiger partial charge is 0.496 e. The van der Waals surface area contributed by atoms with Gasteiger partial charge < -0.3 is 4.74 Å². The number of rotatable bonds is 1. The predicted molar refractivity (Wildman–Crippen MR) is 74.5 cm³/mol. The average Bonchev–Trinajstić information content (AvgIpc) is 2.39. The molecule has 0 saturated heterocycles. The summed E-state index contributed by atoms with van der Waals surface area (Å²) in [6.45, 7) is 2.32. The van der Waals surface area contributed by atoms with Gasteiger partial charge in [0.1, 0.15) is 5.75 Å². The standard InChI is InChI=1S/C13H16Br2O/c1-8-3-4-9-12(16-2)6-5-10(14)13(9)11(15)7-8/h5-6,8,11H,3-4,7H2,1-2H3. The Kier molecular flexibility index (Phi) is 3.96. The number of fused-ring (bicyclic) bond motifs is 1. The van der Waals surface area contributed by atoms with E-state index < -0.39 is 0 Å². The van der Waals surface area contributed by atoms with Crippen LogP contribution in [0.2, 0.25) is 0 Å². The molecule has 0 spiro atoms. The quantitative estimate of drug-likeness (QED) is 0.520. The van der Waals surface area contributed by atoms with Crippen molar-refractivity contribution in [1.29, 1.82) is 0 Å². The topological polar surface area (TPSA) is 9.23 Å². The summed E-state index contributed by atoms with van der Waals surface area (Å²) >= 11 is 7.46. The van der Waals surface area contributed by atoms with Crippen molar-refractivity contribution >= 4 is 31.9 Å². The summed E-state index contributed by atoms with van der Waals surface area (Å²) in [6, 6.07) is 4.14. The van der Waals surface area contributed by atoms with Gasteiger partial charge in [-0.25, -0.2) is 0 Å². The molecule has 1 aromatic rings. The number of ether oxygens (including phenoxy) is 1. The minimum atomic E-state index is 0.435. The molecule has 2 atom stereocenters. The van der Waals surface area contributed by atoms with Gasteiger partial charge in [-0.3, -0.25) is 0 Å². The van der Waals surface area contributed by atoms with Crippen molar-refractivity contribution in [3.05, 3.63) is 27.7 Å². The maximum Gasteiger partial charge on any atom is 0.122 e. The first kappa shape index (κ1) is 12.4. The molecule has 2 unspecified atom stereocenters. The van der Waals surface area contributed by atoms with Gasteiger partial charge in [0, 0.05) is 9.30 Å². The zero-order valence-electron chi connectivity index (χ0n) is 9.59. The lowest BCUT2D eigenvalue weighted by atomic mass is 10.0. The first-order chi connectivity index (χ1) is 7.63. The van der Waals surface area contributed by atoms with Gasteiger partial charge in [-0.2, -0.15) is 0 Å². The summed E-state index contributed by atoms with van der Waals surface area (Å²) in [4.78, 5) is 0.435. The summed E-state index contributed by atoms with van der Waals surface area (Å²) in [5.41, 5.74) is 2.74.